The first-order valence-electron chi connectivity index (χ1n) is 12.1. The maximum absolute atomic E-state index is 13.3. The van der Waals surface area contributed by atoms with Crippen molar-refractivity contribution in [3.05, 3.63) is 35.0 Å². The fraction of sp³-hybridized carbons (Fsp3) is 0.583. The number of H-pyrrole nitrogens is 1. The normalized spacial score (nSPS) is 19.7. The highest BCUT2D eigenvalue weighted by molar-refractivity contribution is 7.98. The van der Waals surface area contributed by atoms with Gasteiger partial charge in [-0.2, -0.15) is 11.8 Å². The third kappa shape index (κ3) is 6.38. The molecule has 2 saturated heterocycles. The largest absolute Gasteiger partial charge is 0.351 e. The van der Waals surface area contributed by atoms with Crippen LogP contribution in [-0.2, 0) is 4.79 Å². The molecule has 33 heavy (non-hydrogen) atoms. The molecule has 1 aromatic heterocycles. The standard InChI is InChI=1S/C24H33ClN4O2S.ClH/c1-28-9-5-16(6-10-28)17-7-11-29(12-8-17)24(31)22(15-32-2)27-23(30)21-14-18-13-19(25)3-4-20(18)26-21;/h3-4,13-14,16-17,22,26H,5-12,15H2,1-2H3,(H,27,30);1H/t22-;/m0./s1/i2D;. The van der Waals surface area contributed by atoms with Gasteiger partial charge in [0.05, 0.1) is 0 Å². The van der Waals surface area contributed by atoms with Crippen LogP contribution in [0.4, 0.5) is 0 Å². The van der Waals surface area contributed by atoms with E-state index in [-0.39, 0.29) is 30.5 Å². The number of piperidine rings is 2. The van der Waals surface area contributed by atoms with Crippen molar-refractivity contribution in [2.24, 2.45) is 11.8 Å². The molecule has 182 valence electrons. The molecule has 0 aliphatic carbocycles. The Bertz CT molecular complexity index is 975. The van der Waals surface area contributed by atoms with Crippen LogP contribution in [0.3, 0.4) is 0 Å². The van der Waals surface area contributed by atoms with E-state index < -0.39 is 6.04 Å². The van der Waals surface area contributed by atoms with Crippen LogP contribution >= 0.6 is 35.8 Å². The average Bonchev–Trinajstić information content (AvgIpc) is 3.25. The van der Waals surface area contributed by atoms with E-state index in [9.17, 15) is 9.59 Å². The molecular formula is C24H34Cl2N4O2S. The van der Waals surface area contributed by atoms with Crippen LogP contribution in [0.25, 0.3) is 10.9 Å². The lowest BCUT2D eigenvalue weighted by atomic mass is 9.79. The maximum Gasteiger partial charge on any atom is 0.268 e. The number of likely N-dealkylation sites (tertiary alicyclic amines) is 2. The molecule has 2 N–H and O–H groups in total. The minimum absolute atomic E-state index is 0. The lowest BCUT2D eigenvalue weighted by molar-refractivity contribution is -0.134. The van der Waals surface area contributed by atoms with Gasteiger partial charge in [-0.25, -0.2) is 0 Å². The topological polar surface area (TPSA) is 68.4 Å². The molecule has 2 fully saturated rings. The second-order valence-corrected chi connectivity index (χ2v) is 10.3. The molecule has 3 heterocycles. The summed E-state index contributed by atoms with van der Waals surface area (Å²) < 4.78 is 7.48. The Morgan fingerprint density at radius 3 is 2.52 bits per heavy atom. The van der Waals surface area contributed by atoms with Crippen LogP contribution in [0.1, 0.15) is 37.5 Å². The molecule has 2 aliphatic rings. The van der Waals surface area contributed by atoms with E-state index in [0.717, 1.165) is 42.8 Å². The Morgan fingerprint density at radius 1 is 1.18 bits per heavy atom. The molecule has 2 aromatic rings. The molecule has 0 saturated carbocycles. The van der Waals surface area contributed by atoms with Gasteiger partial charge in [-0.05, 0) is 88.2 Å². The molecule has 0 radical (unpaired) electrons. The van der Waals surface area contributed by atoms with Crippen molar-refractivity contribution in [1.29, 1.82) is 0 Å². The Balaban J connectivity index is 0.00000324. The summed E-state index contributed by atoms with van der Waals surface area (Å²) in [7, 11) is 2.19. The number of benzene rings is 1. The third-order valence-electron chi connectivity index (χ3n) is 7.00. The number of amides is 2. The molecule has 2 amide bonds. The number of hydrogen-bond donors (Lipinski definition) is 2. The van der Waals surface area contributed by atoms with E-state index in [2.05, 4.69) is 22.2 Å². The SMILES string of the molecule is Cl.[2H]CSC[C@H](NC(=O)c1cc2cc(Cl)ccc2[nH]1)C(=O)N1CCC(C2CCN(C)CC2)CC1. The Kier molecular flexibility index (Phi) is 8.85. The number of nitrogens with zero attached hydrogens (tertiary/aromatic N) is 2. The molecule has 0 bridgehead atoms. The maximum atomic E-state index is 13.3. The molecule has 4 rings (SSSR count). The van der Waals surface area contributed by atoms with E-state index in [1.165, 1.54) is 37.7 Å². The van der Waals surface area contributed by atoms with Crippen molar-refractivity contribution in [3.63, 3.8) is 0 Å². The molecular weight excluding hydrogens is 479 g/mol. The highest BCUT2D eigenvalue weighted by atomic mass is 35.5. The molecule has 0 spiro atoms. The van der Waals surface area contributed by atoms with Gasteiger partial charge in [-0.3, -0.25) is 9.59 Å². The number of rotatable bonds is 6. The lowest BCUT2D eigenvalue weighted by Crippen LogP contribution is -2.52. The van der Waals surface area contributed by atoms with Crippen molar-refractivity contribution >= 4 is 58.5 Å². The van der Waals surface area contributed by atoms with Gasteiger partial charge in [0.1, 0.15) is 11.7 Å². The van der Waals surface area contributed by atoms with E-state index in [0.29, 0.717) is 22.4 Å². The zero-order valence-electron chi connectivity index (χ0n) is 20.0. The van der Waals surface area contributed by atoms with E-state index >= 15 is 0 Å². The van der Waals surface area contributed by atoms with Crippen molar-refractivity contribution in [1.82, 2.24) is 20.1 Å². The summed E-state index contributed by atoms with van der Waals surface area (Å²) in [5.41, 5.74) is 1.23. The average molecular weight is 515 g/mol. The summed E-state index contributed by atoms with van der Waals surface area (Å²) in [5, 5.41) is 4.38. The smallest absolute Gasteiger partial charge is 0.268 e. The summed E-state index contributed by atoms with van der Waals surface area (Å²) in [6.07, 6.45) is 4.74. The van der Waals surface area contributed by atoms with Gasteiger partial charge in [0.2, 0.25) is 5.91 Å². The zero-order valence-corrected chi connectivity index (χ0v) is 21.4. The summed E-state index contributed by atoms with van der Waals surface area (Å²) in [5.74, 6) is 1.51. The second-order valence-electron chi connectivity index (χ2n) is 9.11. The fourth-order valence-electron chi connectivity index (χ4n) is 5.07. The van der Waals surface area contributed by atoms with Crippen LogP contribution in [0.5, 0.6) is 0 Å². The zero-order chi connectivity index (χ0) is 23.4. The first-order valence-corrected chi connectivity index (χ1v) is 12.9. The van der Waals surface area contributed by atoms with Crippen LogP contribution in [0, 0.1) is 11.8 Å². The molecule has 1 aromatic carbocycles. The van der Waals surface area contributed by atoms with E-state index in [1.54, 1.807) is 18.2 Å². The van der Waals surface area contributed by atoms with Gasteiger partial charge in [0.15, 0.2) is 0 Å². The number of aromatic amines is 1. The first kappa shape index (κ1) is 24.7. The van der Waals surface area contributed by atoms with E-state index in [1.807, 2.05) is 11.0 Å². The highest BCUT2D eigenvalue weighted by Crippen LogP contribution is 2.32. The van der Waals surface area contributed by atoms with Gasteiger partial charge in [-0.1, -0.05) is 11.6 Å². The number of carbonyl (C=O) groups excluding carboxylic acids is 2. The molecule has 1 atom stereocenters. The van der Waals surface area contributed by atoms with Crippen LogP contribution < -0.4 is 5.32 Å². The van der Waals surface area contributed by atoms with Crippen molar-refractivity contribution in [3.8, 4) is 0 Å². The lowest BCUT2D eigenvalue weighted by Gasteiger charge is -2.40. The van der Waals surface area contributed by atoms with E-state index in [4.69, 9.17) is 13.0 Å². The predicted molar refractivity (Wildman–Crippen MR) is 140 cm³/mol. The molecule has 6 nitrogen and oxygen atoms in total. The van der Waals surface area contributed by atoms with Crippen molar-refractivity contribution in [2.75, 3.05) is 45.2 Å². The minimum Gasteiger partial charge on any atom is -0.351 e. The van der Waals surface area contributed by atoms with Gasteiger partial charge in [0.25, 0.3) is 5.91 Å². The number of aromatic nitrogens is 1. The van der Waals surface area contributed by atoms with Gasteiger partial charge < -0.3 is 20.1 Å². The van der Waals surface area contributed by atoms with Crippen molar-refractivity contribution in [2.45, 2.75) is 31.7 Å². The van der Waals surface area contributed by atoms with Gasteiger partial charge in [-0.15, -0.1) is 12.4 Å². The molecule has 2 aliphatic heterocycles. The number of fused-ring (bicyclic) bond motifs is 1. The number of nitrogens with one attached hydrogen (secondary N) is 2. The second kappa shape index (κ2) is 11.8. The van der Waals surface area contributed by atoms with Crippen LogP contribution in [-0.4, -0.2) is 77.9 Å². The number of hydrogen-bond acceptors (Lipinski definition) is 4. The summed E-state index contributed by atoms with van der Waals surface area (Å²) in [6.45, 7) is 3.84. The van der Waals surface area contributed by atoms with Crippen LogP contribution in [0.15, 0.2) is 24.3 Å². The molecule has 9 heteroatoms. The number of halogens is 2. The Morgan fingerprint density at radius 2 is 1.85 bits per heavy atom. The number of thioether (sulfide) groups is 1. The molecule has 0 unspecified atom stereocenters. The fourth-order valence-corrected chi connectivity index (χ4v) is 5.71. The van der Waals surface area contributed by atoms with Crippen molar-refractivity contribution < 1.29 is 11.0 Å². The van der Waals surface area contributed by atoms with Gasteiger partial charge in [0, 0.05) is 36.1 Å². The minimum atomic E-state index is -0.636. The summed E-state index contributed by atoms with van der Waals surface area (Å²) >= 11 is 7.40. The quantitative estimate of drug-likeness (QED) is 0.604. The number of carbonyl (C=O) groups is 2. The third-order valence-corrected chi connectivity index (χ3v) is 7.80. The monoisotopic (exact) mass is 513 g/mol. The van der Waals surface area contributed by atoms with Crippen LogP contribution in [0.2, 0.25) is 5.02 Å². The Labute approximate surface area is 213 Å². The summed E-state index contributed by atoms with van der Waals surface area (Å²) in [6, 6.07) is 6.53. The first-order chi connectivity index (χ1) is 15.9. The van der Waals surface area contributed by atoms with Gasteiger partial charge >= 0.3 is 0 Å². The highest BCUT2D eigenvalue weighted by Gasteiger charge is 2.33. The summed E-state index contributed by atoms with van der Waals surface area (Å²) in [4.78, 5) is 33.7. The Hall–Kier alpha value is -1.41. The predicted octanol–water partition coefficient (Wildman–Crippen LogP) is 4.28.